The number of hydrazone groups is 1. The quantitative estimate of drug-likeness (QED) is 0.496. The van der Waals surface area contributed by atoms with Gasteiger partial charge in [0.05, 0.1) is 30.2 Å². The third-order valence-corrected chi connectivity index (χ3v) is 3.71. The first-order chi connectivity index (χ1) is 11.1. The minimum absolute atomic E-state index is 0.0756. The van der Waals surface area contributed by atoms with Crippen LogP contribution in [0, 0.1) is 10.1 Å². The lowest BCUT2D eigenvalue weighted by atomic mass is 10.1. The summed E-state index contributed by atoms with van der Waals surface area (Å²) in [4.78, 5) is 22.7. The molecule has 0 bridgehead atoms. The molecule has 0 aliphatic carbocycles. The summed E-state index contributed by atoms with van der Waals surface area (Å²) in [6.07, 6.45) is 1.27. The Morgan fingerprint density at radius 1 is 1.35 bits per heavy atom. The Kier molecular flexibility index (Phi) is 5.26. The van der Waals surface area contributed by atoms with Crippen LogP contribution in [0.25, 0.3) is 0 Å². The van der Waals surface area contributed by atoms with E-state index in [0.29, 0.717) is 16.2 Å². The zero-order valence-corrected chi connectivity index (χ0v) is 13.1. The minimum atomic E-state index is -0.570. The van der Waals surface area contributed by atoms with Gasteiger partial charge in [0.25, 0.3) is 5.91 Å². The summed E-state index contributed by atoms with van der Waals surface area (Å²) in [5, 5.41) is 16.6. The van der Waals surface area contributed by atoms with E-state index < -0.39 is 4.92 Å². The normalized spacial score (nSPS) is 10.5. The predicted molar refractivity (Wildman–Crippen MR) is 85.6 cm³/mol. The van der Waals surface area contributed by atoms with E-state index in [1.165, 1.54) is 43.9 Å². The van der Waals surface area contributed by atoms with Gasteiger partial charge in [-0.1, -0.05) is 6.07 Å². The molecule has 0 unspecified atom stereocenters. The van der Waals surface area contributed by atoms with Crippen molar-refractivity contribution in [2.24, 2.45) is 5.10 Å². The third-order valence-electron chi connectivity index (χ3n) is 2.84. The largest absolute Gasteiger partial charge is 0.496 e. The molecule has 8 nitrogen and oxygen atoms in total. The van der Waals surface area contributed by atoms with E-state index in [4.69, 9.17) is 9.47 Å². The molecule has 0 radical (unpaired) electrons. The van der Waals surface area contributed by atoms with Crippen LogP contribution in [0.2, 0.25) is 0 Å². The molecule has 0 aliphatic heterocycles. The Bertz CT molecular complexity index is 743. The Morgan fingerprint density at radius 3 is 2.65 bits per heavy atom. The molecule has 2 aromatic rings. The van der Waals surface area contributed by atoms with Gasteiger partial charge in [-0.05, 0) is 11.4 Å². The average Bonchev–Trinajstić information content (AvgIpc) is 3.08. The molecule has 9 heteroatoms. The number of amides is 1. The average molecular weight is 335 g/mol. The highest BCUT2D eigenvalue weighted by atomic mass is 32.1. The van der Waals surface area contributed by atoms with Crippen molar-refractivity contribution < 1.29 is 19.2 Å². The number of benzene rings is 1. The molecule has 23 heavy (non-hydrogen) atoms. The number of carbonyl (C=O) groups is 1. The summed E-state index contributed by atoms with van der Waals surface area (Å²) in [7, 11) is 2.75. The number of nitrogens with zero attached hydrogens (tertiary/aromatic N) is 2. The highest BCUT2D eigenvalue weighted by Gasteiger charge is 2.18. The van der Waals surface area contributed by atoms with Crippen LogP contribution >= 0.6 is 11.3 Å². The van der Waals surface area contributed by atoms with Crippen LogP contribution in [0.3, 0.4) is 0 Å². The van der Waals surface area contributed by atoms with Gasteiger partial charge in [0.15, 0.2) is 0 Å². The monoisotopic (exact) mass is 335 g/mol. The highest BCUT2D eigenvalue weighted by molar-refractivity contribution is 7.12. The van der Waals surface area contributed by atoms with Gasteiger partial charge in [-0.3, -0.25) is 14.9 Å². The second-order valence-electron chi connectivity index (χ2n) is 4.20. The maximum absolute atomic E-state index is 11.8. The van der Waals surface area contributed by atoms with Gasteiger partial charge in [-0.15, -0.1) is 11.3 Å². The summed E-state index contributed by atoms with van der Waals surface area (Å²) in [6, 6.07) is 6.06. The molecule has 1 amide bonds. The Hall–Kier alpha value is -2.94. The smallest absolute Gasteiger partial charge is 0.311 e. The van der Waals surface area contributed by atoms with E-state index in [-0.39, 0.29) is 17.3 Å². The SMILES string of the molecule is COc1cc(OC)c([N+](=O)[O-])cc1/C=N\NC(=O)c1cccs1. The van der Waals surface area contributed by atoms with Crippen molar-refractivity contribution in [3.05, 3.63) is 50.2 Å². The number of nitro benzene ring substituents is 1. The molecule has 0 aliphatic rings. The van der Waals surface area contributed by atoms with Crippen molar-refractivity contribution in [3.63, 3.8) is 0 Å². The first-order valence-electron chi connectivity index (χ1n) is 6.34. The standard InChI is InChI=1S/C14H13N3O5S/c1-21-11-7-12(22-2)10(17(19)20)6-9(11)8-15-16-14(18)13-4-3-5-23-13/h3-8H,1-2H3,(H,16,18)/b15-8-. The maximum atomic E-state index is 11.8. The molecule has 120 valence electrons. The van der Waals surface area contributed by atoms with Gasteiger partial charge < -0.3 is 9.47 Å². The number of methoxy groups -OCH3 is 2. The fourth-order valence-electron chi connectivity index (χ4n) is 1.77. The fraction of sp³-hybridized carbons (Fsp3) is 0.143. The van der Waals surface area contributed by atoms with E-state index in [2.05, 4.69) is 10.5 Å². The lowest BCUT2D eigenvalue weighted by molar-refractivity contribution is -0.385. The van der Waals surface area contributed by atoms with Crippen LogP contribution in [-0.4, -0.2) is 31.3 Å². The lowest BCUT2D eigenvalue weighted by Gasteiger charge is -2.08. The van der Waals surface area contributed by atoms with Gasteiger partial charge >= 0.3 is 5.69 Å². The molecular weight excluding hydrogens is 322 g/mol. The van der Waals surface area contributed by atoms with Crippen LogP contribution in [0.5, 0.6) is 11.5 Å². The third kappa shape index (κ3) is 3.83. The van der Waals surface area contributed by atoms with E-state index in [0.717, 1.165) is 0 Å². The first kappa shape index (κ1) is 16.4. The molecule has 0 saturated heterocycles. The maximum Gasteiger partial charge on any atom is 0.311 e. The second kappa shape index (κ2) is 7.36. The molecule has 1 heterocycles. The van der Waals surface area contributed by atoms with E-state index >= 15 is 0 Å². The second-order valence-corrected chi connectivity index (χ2v) is 5.15. The Balaban J connectivity index is 2.24. The number of hydrogen-bond donors (Lipinski definition) is 1. The topological polar surface area (TPSA) is 103 Å². The molecular formula is C14H13N3O5S. The summed E-state index contributed by atoms with van der Waals surface area (Å²) < 4.78 is 10.1. The molecule has 1 aromatic carbocycles. The molecule has 1 aromatic heterocycles. The predicted octanol–water partition coefficient (Wildman–Crippen LogP) is 2.44. The number of nitrogens with one attached hydrogen (secondary N) is 1. The van der Waals surface area contributed by atoms with Gasteiger partial charge in [0, 0.05) is 17.7 Å². The van der Waals surface area contributed by atoms with E-state index in [1.807, 2.05) is 0 Å². The van der Waals surface area contributed by atoms with E-state index in [9.17, 15) is 14.9 Å². The van der Waals surface area contributed by atoms with Gasteiger partial charge in [0.1, 0.15) is 5.75 Å². The minimum Gasteiger partial charge on any atom is -0.496 e. The van der Waals surface area contributed by atoms with Gasteiger partial charge in [-0.2, -0.15) is 5.10 Å². The van der Waals surface area contributed by atoms with Crippen molar-refractivity contribution in [3.8, 4) is 11.5 Å². The Labute approximate surface area is 135 Å². The van der Waals surface area contributed by atoms with Crippen LogP contribution in [0.1, 0.15) is 15.2 Å². The van der Waals surface area contributed by atoms with Crippen molar-refractivity contribution in [2.75, 3.05) is 14.2 Å². The van der Waals surface area contributed by atoms with Crippen molar-refractivity contribution in [2.45, 2.75) is 0 Å². The number of ether oxygens (including phenoxy) is 2. The highest BCUT2D eigenvalue weighted by Crippen LogP contribution is 2.33. The number of carbonyl (C=O) groups excluding carboxylic acids is 1. The zero-order chi connectivity index (χ0) is 16.8. The lowest BCUT2D eigenvalue weighted by Crippen LogP contribution is -2.16. The van der Waals surface area contributed by atoms with Gasteiger partial charge in [-0.25, -0.2) is 5.43 Å². The van der Waals surface area contributed by atoms with Crippen molar-refractivity contribution in [1.82, 2.24) is 5.43 Å². The van der Waals surface area contributed by atoms with Crippen molar-refractivity contribution in [1.29, 1.82) is 0 Å². The molecule has 0 spiro atoms. The van der Waals surface area contributed by atoms with Crippen LogP contribution < -0.4 is 14.9 Å². The van der Waals surface area contributed by atoms with Crippen LogP contribution in [-0.2, 0) is 0 Å². The van der Waals surface area contributed by atoms with Gasteiger partial charge in [0.2, 0.25) is 5.75 Å². The molecule has 0 atom stereocenters. The molecule has 1 N–H and O–H groups in total. The molecule has 0 fully saturated rings. The fourth-order valence-corrected chi connectivity index (χ4v) is 2.39. The summed E-state index contributed by atoms with van der Waals surface area (Å²) in [5.74, 6) is 0.0476. The molecule has 2 rings (SSSR count). The number of thiophene rings is 1. The molecule has 0 saturated carbocycles. The number of nitro groups is 1. The Morgan fingerprint density at radius 2 is 2.09 bits per heavy atom. The van der Waals surface area contributed by atoms with Crippen molar-refractivity contribution >= 4 is 29.1 Å². The first-order valence-corrected chi connectivity index (χ1v) is 7.22. The van der Waals surface area contributed by atoms with E-state index in [1.54, 1.807) is 17.5 Å². The number of rotatable bonds is 6. The summed E-state index contributed by atoms with van der Waals surface area (Å²) in [5.41, 5.74) is 2.46. The summed E-state index contributed by atoms with van der Waals surface area (Å²) in [6.45, 7) is 0. The number of hydrogen-bond acceptors (Lipinski definition) is 7. The van der Waals surface area contributed by atoms with Crippen LogP contribution in [0.4, 0.5) is 5.69 Å². The zero-order valence-electron chi connectivity index (χ0n) is 12.3. The van der Waals surface area contributed by atoms with Crippen LogP contribution in [0.15, 0.2) is 34.7 Å². The summed E-state index contributed by atoms with van der Waals surface area (Å²) >= 11 is 1.28.